The molecule has 10 heteroatoms. The van der Waals surface area contributed by atoms with Gasteiger partial charge in [0.05, 0.1) is 11.1 Å². The van der Waals surface area contributed by atoms with Crippen LogP contribution in [0.4, 0.5) is 26.3 Å². The molecule has 1 aromatic rings. The van der Waals surface area contributed by atoms with Gasteiger partial charge in [0, 0.05) is 18.5 Å². The highest BCUT2D eigenvalue weighted by Gasteiger charge is 2.37. The van der Waals surface area contributed by atoms with Gasteiger partial charge < -0.3 is 10.4 Å². The molecule has 1 rings (SSSR count). The number of carboxylic acids is 1. The van der Waals surface area contributed by atoms with Crippen molar-refractivity contribution in [2.24, 2.45) is 0 Å². The predicted molar refractivity (Wildman–Crippen MR) is 70.3 cm³/mol. The fourth-order valence-corrected chi connectivity index (χ4v) is 1.79. The van der Waals surface area contributed by atoms with Crippen LogP contribution in [0.1, 0.15) is 40.7 Å². The van der Waals surface area contributed by atoms with Crippen molar-refractivity contribution in [3.05, 3.63) is 34.9 Å². The van der Waals surface area contributed by atoms with Crippen LogP contribution in [0, 0.1) is 0 Å². The number of amides is 1. The monoisotopic (exact) mass is 357 g/mol. The Labute approximate surface area is 132 Å². The van der Waals surface area contributed by atoms with Gasteiger partial charge in [0.25, 0.3) is 5.91 Å². The molecule has 0 fully saturated rings. The Kier molecular flexibility index (Phi) is 6.22. The molecule has 0 radical (unpaired) electrons. The molecule has 0 bridgehead atoms. The Hall–Kier alpha value is -2.26. The van der Waals surface area contributed by atoms with Crippen molar-refractivity contribution >= 4 is 11.9 Å². The molecule has 0 saturated carbocycles. The van der Waals surface area contributed by atoms with E-state index in [9.17, 15) is 35.9 Å². The molecule has 0 spiro atoms. The van der Waals surface area contributed by atoms with E-state index in [1.54, 1.807) is 0 Å². The van der Waals surface area contributed by atoms with Gasteiger partial charge in [-0.05, 0) is 31.0 Å². The Morgan fingerprint density at radius 2 is 1.42 bits per heavy atom. The summed E-state index contributed by atoms with van der Waals surface area (Å²) < 4.78 is 76.0. The molecule has 0 unspecified atom stereocenters. The van der Waals surface area contributed by atoms with Crippen LogP contribution in [0.15, 0.2) is 18.2 Å². The third-order valence-electron chi connectivity index (χ3n) is 2.95. The Bertz CT molecular complexity index is 577. The van der Waals surface area contributed by atoms with E-state index in [0.717, 1.165) is 0 Å². The normalized spacial score (nSPS) is 12.1. The molecule has 0 aromatic heterocycles. The fourth-order valence-electron chi connectivity index (χ4n) is 1.79. The van der Waals surface area contributed by atoms with Gasteiger partial charge in [0.15, 0.2) is 0 Å². The van der Waals surface area contributed by atoms with Gasteiger partial charge in [0.2, 0.25) is 0 Å². The Morgan fingerprint density at radius 1 is 0.917 bits per heavy atom. The number of alkyl halides is 6. The van der Waals surface area contributed by atoms with E-state index in [2.05, 4.69) is 5.32 Å². The summed E-state index contributed by atoms with van der Waals surface area (Å²) in [5.41, 5.74) is -3.92. The number of carbonyl (C=O) groups is 2. The van der Waals surface area contributed by atoms with Crippen molar-refractivity contribution < 1.29 is 41.0 Å². The molecule has 1 amide bonds. The first kappa shape index (κ1) is 19.8. The highest BCUT2D eigenvalue weighted by atomic mass is 19.4. The van der Waals surface area contributed by atoms with Crippen molar-refractivity contribution in [3.63, 3.8) is 0 Å². The maximum absolute atomic E-state index is 12.7. The lowest BCUT2D eigenvalue weighted by molar-refractivity contribution is -0.143. The molecule has 0 aliphatic carbocycles. The van der Waals surface area contributed by atoms with E-state index in [1.807, 2.05) is 0 Å². The van der Waals surface area contributed by atoms with Crippen LogP contribution in [0.25, 0.3) is 0 Å². The number of halogens is 6. The smallest absolute Gasteiger partial charge is 0.416 e. The lowest BCUT2D eigenvalue weighted by Gasteiger charge is -2.14. The second-order valence-electron chi connectivity index (χ2n) is 4.90. The SMILES string of the molecule is O=C(O)CCCCNC(=O)c1cc(C(F)(F)F)cc(C(F)(F)F)c1. The molecule has 0 atom stereocenters. The molecule has 1 aromatic carbocycles. The molecule has 0 saturated heterocycles. The van der Waals surface area contributed by atoms with E-state index < -0.39 is 40.9 Å². The highest BCUT2D eigenvalue weighted by Crippen LogP contribution is 2.36. The van der Waals surface area contributed by atoms with Gasteiger partial charge in [-0.3, -0.25) is 9.59 Å². The molecule has 24 heavy (non-hydrogen) atoms. The van der Waals surface area contributed by atoms with Crippen LogP contribution in [0.5, 0.6) is 0 Å². The maximum atomic E-state index is 12.7. The summed E-state index contributed by atoms with van der Waals surface area (Å²) in [6, 6.07) is 0.604. The minimum absolute atomic E-state index is 0.0658. The second kappa shape index (κ2) is 7.54. The van der Waals surface area contributed by atoms with Crippen molar-refractivity contribution in [1.29, 1.82) is 0 Å². The number of rotatable bonds is 6. The standard InChI is InChI=1S/C14H13F6NO3/c15-13(16,17)9-5-8(6-10(7-9)14(18,19)20)12(24)21-4-2-1-3-11(22)23/h5-7H,1-4H2,(H,21,24)(H,22,23). The first-order valence-electron chi connectivity index (χ1n) is 6.70. The average Bonchev–Trinajstić information content (AvgIpc) is 2.44. The van der Waals surface area contributed by atoms with Crippen LogP contribution in [-0.4, -0.2) is 23.5 Å². The summed E-state index contributed by atoms with van der Waals surface area (Å²) in [4.78, 5) is 22.0. The summed E-state index contributed by atoms with van der Waals surface area (Å²) in [5, 5.41) is 10.6. The lowest BCUT2D eigenvalue weighted by atomic mass is 10.0. The number of carboxylic acid groups (broad SMARTS) is 1. The summed E-state index contributed by atoms with van der Waals surface area (Å²) in [7, 11) is 0. The topological polar surface area (TPSA) is 66.4 Å². The number of nitrogens with one attached hydrogen (secondary N) is 1. The van der Waals surface area contributed by atoms with Crippen molar-refractivity contribution in [2.75, 3.05) is 6.54 Å². The first-order chi connectivity index (χ1) is 10.9. The first-order valence-corrected chi connectivity index (χ1v) is 6.70. The molecular formula is C14H13F6NO3. The molecule has 0 heterocycles. The zero-order valence-corrected chi connectivity index (χ0v) is 12.1. The largest absolute Gasteiger partial charge is 0.481 e. The molecule has 0 aliphatic rings. The summed E-state index contributed by atoms with van der Waals surface area (Å²) >= 11 is 0. The van der Waals surface area contributed by atoms with Crippen LogP contribution in [-0.2, 0) is 17.1 Å². The third kappa shape index (κ3) is 6.09. The van der Waals surface area contributed by atoms with Crippen LogP contribution in [0.2, 0.25) is 0 Å². The quantitative estimate of drug-likeness (QED) is 0.603. The minimum atomic E-state index is -5.03. The summed E-state index contributed by atoms with van der Waals surface area (Å²) in [6.45, 7) is -0.0658. The van der Waals surface area contributed by atoms with Gasteiger partial charge in [-0.1, -0.05) is 0 Å². The number of carbonyl (C=O) groups excluding carboxylic acids is 1. The molecule has 134 valence electrons. The maximum Gasteiger partial charge on any atom is 0.416 e. The number of aliphatic carboxylic acids is 1. The summed E-state index contributed by atoms with van der Waals surface area (Å²) in [5.74, 6) is -2.14. The average molecular weight is 357 g/mol. The zero-order valence-electron chi connectivity index (χ0n) is 12.1. The van der Waals surface area contributed by atoms with Crippen LogP contribution >= 0.6 is 0 Å². The number of hydrogen-bond donors (Lipinski definition) is 2. The van der Waals surface area contributed by atoms with E-state index in [0.29, 0.717) is 12.1 Å². The van der Waals surface area contributed by atoms with Gasteiger partial charge in [-0.2, -0.15) is 26.3 Å². The summed E-state index contributed by atoms with van der Waals surface area (Å²) in [6.07, 6.45) is -9.78. The van der Waals surface area contributed by atoms with Crippen LogP contribution in [0.3, 0.4) is 0 Å². The van der Waals surface area contributed by atoms with E-state index in [4.69, 9.17) is 5.11 Å². The minimum Gasteiger partial charge on any atom is -0.481 e. The van der Waals surface area contributed by atoms with Crippen molar-refractivity contribution in [1.82, 2.24) is 5.32 Å². The van der Waals surface area contributed by atoms with E-state index >= 15 is 0 Å². The number of hydrogen-bond acceptors (Lipinski definition) is 2. The Balaban J connectivity index is 2.89. The van der Waals surface area contributed by atoms with Gasteiger partial charge in [-0.15, -0.1) is 0 Å². The highest BCUT2D eigenvalue weighted by molar-refractivity contribution is 5.94. The van der Waals surface area contributed by atoms with Crippen LogP contribution < -0.4 is 5.32 Å². The number of benzene rings is 1. The van der Waals surface area contributed by atoms with E-state index in [-0.39, 0.29) is 31.9 Å². The molecule has 2 N–H and O–H groups in total. The third-order valence-corrected chi connectivity index (χ3v) is 2.95. The van der Waals surface area contributed by atoms with Gasteiger partial charge in [-0.25, -0.2) is 0 Å². The van der Waals surface area contributed by atoms with Crippen molar-refractivity contribution in [3.8, 4) is 0 Å². The second-order valence-corrected chi connectivity index (χ2v) is 4.90. The molecule has 0 aliphatic heterocycles. The van der Waals surface area contributed by atoms with Crippen molar-refractivity contribution in [2.45, 2.75) is 31.6 Å². The lowest BCUT2D eigenvalue weighted by Crippen LogP contribution is -2.25. The van der Waals surface area contributed by atoms with Gasteiger partial charge in [0.1, 0.15) is 0 Å². The van der Waals surface area contributed by atoms with E-state index in [1.165, 1.54) is 0 Å². The zero-order chi connectivity index (χ0) is 18.5. The van der Waals surface area contributed by atoms with Gasteiger partial charge >= 0.3 is 18.3 Å². The Morgan fingerprint density at radius 3 is 1.83 bits per heavy atom. The predicted octanol–water partition coefficient (Wildman–Crippen LogP) is 3.71. The fraction of sp³-hybridized carbons (Fsp3) is 0.429. The number of unbranched alkanes of at least 4 members (excludes halogenated alkanes) is 1. The molecular weight excluding hydrogens is 344 g/mol. The molecule has 4 nitrogen and oxygen atoms in total.